The predicted octanol–water partition coefficient (Wildman–Crippen LogP) is 2.99. The van der Waals surface area contributed by atoms with Crippen molar-refractivity contribution in [2.24, 2.45) is 5.73 Å². The fourth-order valence-electron chi connectivity index (χ4n) is 2.46. The van der Waals surface area contributed by atoms with E-state index in [1.54, 1.807) is 12.3 Å². The van der Waals surface area contributed by atoms with Crippen LogP contribution in [-0.2, 0) is 6.42 Å². The number of rotatable bonds is 4. The van der Waals surface area contributed by atoms with Crippen molar-refractivity contribution in [3.63, 3.8) is 0 Å². The van der Waals surface area contributed by atoms with Crippen LogP contribution in [0, 0.1) is 0 Å². The molecule has 0 bridgehead atoms. The minimum Gasteiger partial charge on any atom is -0.321 e. The fraction of sp³-hybridized carbons (Fsp3) is 0.111. The van der Waals surface area contributed by atoms with E-state index in [9.17, 15) is 4.79 Å². The Morgan fingerprint density at radius 2 is 1.76 bits per heavy atom. The largest absolute Gasteiger partial charge is 0.321 e. The molecule has 3 heteroatoms. The van der Waals surface area contributed by atoms with Crippen LogP contribution in [0.5, 0.6) is 0 Å². The first-order valence-electron chi connectivity index (χ1n) is 6.93. The Labute approximate surface area is 123 Å². The quantitative estimate of drug-likeness (QED) is 0.745. The number of nitrogens with two attached hydrogens (primary N) is 1. The van der Waals surface area contributed by atoms with Crippen LogP contribution in [0.4, 0.5) is 0 Å². The van der Waals surface area contributed by atoms with Gasteiger partial charge in [-0.05, 0) is 24.1 Å². The van der Waals surface area contributed by atoms with Crippen molar-refractivity contribution < 1.29 is 4.79 Å². The monoisotopic (exact) mass is 276 g/mol. The van der Waals surface area contributed by atoms with Gasteiger partial charge in [-0.3, -0.25) is 9.78 Å². The minimum absolute atomic E-state index is 0.0665. The first-order chi connectivity index (χ1) is 10.3. The zero-order valence-electron chi connectivity index (χ0n) is 11.6. The molecule has 3 rings (SSSR count). The average Bonchev–Trinajstić information content (AvgIpc) is 2.54. The third kappa shape index (κ3) is 2.83. The van der Waals surface area contributed by atoms with Gasteiger partial charge in [-0.1, -0.05) is 48.5 Å². The molecular weight excluding hydrogens is 260 g/mol. The lowest BCUT2D eigenvalue weighted by atomic mass is 9.96. The smallest absolute Gasteiger partial charge is 0.182 e. The molecule has 0 spiro atoms. The molecule has 2 aromatic carbocycles. The number of carbonyl (C=O) groups excluding carboxylic acids is 1. The van der Waals surface area contributed by atoms with Crippen molar-refractivity contribution in [1.29, 1.82) is 0 Å². The molecule has 0 fully saturated rings. The highest BCUT2D eigenvalue weighted by Gasteiger charge is 2.18. The molecule has 21 heavy (non-hydrogen) atoms. The standard InChI is InChI=1S/C18H16N2O/c19-16(12-13-6-2-1-3-7-13)18(21)15-10-4-8-14-9-5-11-20-17(14)15/h1-11,16H,12,19H2. The number of pyridine rings is 1. The number of aromatic nitrogens is 1. The normalized spacial score (nSPS) is 12.2. The van der Waals surface area contributed by atoms with Crippen LogP contribution in [0.25, 0.3) is 10.9 Å². The molecule has 0 radical (unpaired) electrons. The van der Waals surface area contributed by atoms with Crippen LogP contribution in [0.1, 0.15) is 15.9 Å². The van der Waals surface area contributed by atoms with Gasteiger partial charge < -0.3 is 5.73 Å². The number of hydrogen-bond acceptors (Lipinski definition) is 3. The zero-order valence-corrected chi connectivity index (χ0v) is 11.6. The van der Waals surface area contributed by atoms with Crippen LogP contribution in [0.3, 0.4) is 0 Å². The van der Waals surface area contributed by atoms with Crippen LogP contribution in [0.15, 0.2) is 66.9 Å². The van der Waals surface area contributed by atoms with Crippen molar-refractivity contribution in [1.82, 2.24) is 4.98 Å². The Kier molecular flexibility index (Phi) is 3.75. The molecule has 0 aliphatic rings. The molecule has 0 saturated heterocycles. The molecule has 0 aliphatic carbocycles. The van der Waals surface area contributed by atoms with Gasteiger partial charge in [0.25, 0.3) is 0 Å². The second-order valence-electron chi connectivity index (χ2n) is 5.04. The molecule has 1 aromatic heterocycles. The minimum atomic E-state index is -0.556. The number of hydrogen-bond donors (Lipinski definition) is 1. The molecule has 0 amide bonds. The van der Waals surface area contributed by atoms with Crippen molar-refractivity contribution in [2.75, 3.05) is 0 Å². The van der Waals surface area contributed by atoms with Gasteiger partial charge in [0.05, 0.1) is 11.6 Å². The van der Waals surface area contributed by atoms with Gasteiger partial charge in [-0.25, -0.2) is 0 Å². The van der Waals surface area contributed by atoms with Gasteiger partial charge in [0.15, 0.2) is 5.78 Å². The second-order valence-corrected chi connectivity index (χ2v) is 5.04. The van der Waals surface area contributed by atoms with E-state index >= 15 is 0 Å². The van der Waals surface area contributed by atoms with E-state index in [0.717, 1.165) is 10.9 Å². The van der Waals surface area contributed by atoms with Crippen LogP contribution in [0.2, 0.25) is 0 Å². The third-order valence-corrected chi connectivity index (χ3v) is 3.53. The lowest BCUT2D eigenvalue weighted by Gasteiger charge is -2.12. The van der Waals surface area contributed by atoms with Crippen LogP contribution >= 0.6 is 0 Å². The molecule has 0 saturated carbocycles. The Hall–Kier alpha value is -2.52. The molecule has 3 aromatic rings. The molecule has 0 aliphatic heterocycles. The first-order valence-corrected chi connectivity index (χ1v) is 6.93. The topological polar surface area (TPSA) is 56.0 Å². The number of fused-ring (bicyclic) bond motifs is 1. The summed E-state index contributed by atoms with van der Waals surface area (Å²) in [4.78, 5) is 16.9. The molecule has 1 heterocycles. The Bertz CT molecular complexity index is 763. The summed E-state index contributed by atoms with van der Waals surface area (Å²) in [6.07, 6.45) is 2.23. The fourth-order valence-corrected chi connectivity index (χ4v) is 2.46. The van der Waals surface area contributed by atoms with Gasteiger partial charge in [0, 0.05) is 17.1 Å². The number of benzene rings is 2. The number of ketones is 1. The average molecular weight is 276 g/mol. The van der Waals surface area contributed by atoms with Crippen LogP contribution in [-0.4, -0.2) is 16.8 Å². The SMILES string of the molecule is NC(Cc1ccccc1)C(=O)c1cccc2cccnc12. The van der Waals surface area contributed by atoms with Crippen LogP contribution < -0.4 is 5.73 Å². The lowest BCUT2D eigenvalue weighted by Crippen LogP contribution is -2.33. The highest BCUT2D eigenvalue weighted by Crippen LogP contribution is 2.18. The molecule has 2 N–H and O–H groups in total. The molecule has 1 unspecified atom stereocenters. The maximum Gasteiger partial charge on any atom is 0.182 e. The number of carbonyl (C=O) groups is 1. The summed E-state index contributed by atoms with van der Waals surface area (Å²) in [5, 5.41) is 0.954. The zero-order chi connectivity index (χ0) is 14.7. The van der Waals surface area contributed by atoms with Crippen molar-refractivity contribution >= 4 is 16.7 Å². The predicted molar refractivity (Wildman–Crippen MR) is 84.2 cm³/mol. The maximum absolute atomic E-state index is 12.6. The summed E-state index contributed by atoms with van der Waals surface area (Å²) >= 11 is 0. The highest BCUT2D eigenvalue weighted by molar-refractivity contribution is 6.09. The number of Topliss-reactive ketones (excluding diaryl/α,β-unsaturated/α-hetero) is 1. The van der Waals surface area contributed by atoms with E-state index in [-0.39, 0.29) is 5.78 Å². The summed E-state index contributed by atoms with van der Waals surface area (Å²) < 4.78 is 0. The highest BCUT2D eigenvalue weighted by atomic mass is 16.1. The molecule has 1 atom stereocenters. The van der Waals surface area contributed by atoms with Gasteiger partial charge in [0.1, 0.15) is 0 Å². The van der Waals surface area contributed by atoms with Crippen molar-refractivity contribution in [3.05, 3.63) is 78.0 Å². The first kappa shape index (κ1) is 13.5. The van der Waals surface area contributed by atoms with Gasteiger partial charge in [-0.15, -0.1) is 0 Å². The number of nitrogens with zero attached hydrogens (tertiary/aromatic N) is 1. The van der Waals surface area contributed by atoms with E-state index in [4.69, 9.17) is 5.73 Å². The van der Waals surface area contributed by atoms with E-state index < -0.39 is 6.04 Å². The third-order valence-electron chi connectivity index (χ3n) is 3.53. The summed E-state index contributed by atoms with van der Waals surface area (Å²) in [5.74, 6) is -0.0665. The van der Waals surface area contributed by atoms with E-state index in [2.05, 4.69) is 4.98 Å². The van der Waals surface area contributed by atoms with Crippen molar-refractivity contribution in [3.8, 4) is 0 Å². The van der Waals surface area contributed by atoms with Gasteiger partial charge >= 0.3 is 0 Å². The van der Waals surface area contributed by atoms with E-state index in [1.807, 2.05) is 54.6 Å². The second kappa shape index (κ2) is 5.85. The lowest BCUT2D eigenvalue weighted by molar-refractivity contribution is 0.0962. The molecule has 3 nitrogen and oxygen atoms in total. The summed E-state index contributed by atoms with van der Waals surface area (Å²) in [6, 6.07) is 18.7. The summed E-state index contributed by atoms with van der Waals surface area (Å²) in [6.45, 7) is 0. The maximum atomic E-state index is 12.6. The number of para-hydroxylation sites is 1. The molecule has 104 valence electrons. The molecular formula is C18H16N2O. The Morgan fingerprint density at radius 1 is 1.00 bits per heavy atom. The summed E-state index contributed by atoms with van der Waals surface area (Å²) in [5.41, 5.74) is 8.47. The van der Waals surface area contributed by atoms with Crippen molar-refractivity contribution in [2.45, 2.75) is 12.5 Å². The summed E-state index contributed by atoms with van der Waals surface area (Å²) in [7, 11) is 0. The van der Waals surface area contributed by atoms with Gasteiger partial charge in [0.2, 0.25) is 0 Å². The Morgan fingerprint density at radius 3 is 2.57 bits per heavy atom. The van der Waals surface area contributed by atoms with E-state index in [1.165, 1.54) is 0 Å². The van der Waals surface area contributed by atoms with Gasteiger partial charge in [-0.2, -0.15) is 0 Å². The Balaban J connectivity index is 1.90. The van der Waals surface area contributed by atoms with E-state index in [0.29, 0.717) is 17.5 Å².